The van der Waals surface area contributed by atoms with Crippen LogP contribution in [0.25, 0.3) is 0 Å². The van der Waals surface area contributed by atoms with Gasteiger partial charge in [0.15, 0.2) is 0 Å². The van der Waals surface area contributed by atoms with E-state index in [-0.39, 0.29) is 0 Å². The van der Waals surface area contributed by atoms with Gasteiger partial charge in [-0.3, -0.25) is 0 Å². The third kappa shape index (κ3) is 2.23. The lowest BCUT2D eigenvalue weighted by molar-refractivity contribution is 0.191. The number of rotatable bonds is 5. The highest BCUT2D eigenvalue weighted by atomic mass is 16.5. The zero-order valence-corrected chi connectivity index (χ0v) is 8.59. The monoisotopic (exact) mass is 183 g/mol. The fourth-order valence-electron chi connectivity index (χ4n) is 3.00. The first-order chi connectivity index (χ1) is 6.40. The summed E-state index contributed by atoms with van der Waals surface area (Å²) in [5, 5.41) is 3.67. The third-order valence-electron chi connectivity index (χ3n) is 3.67. The molecule has 0 aliphatic heterocycles. The minimum atomic E-state index is 0.843. The Morgan fingerprint density at radius 3 is 2.85 bits per heavy atom. The van der Waals surface area contributed by atoms with E-state index >= 15 is 0 Å². The van der Waals surface area contributed by atoms with Gasteiger partial charge >= 0.3 is 0 Å². The second-order valence-corrected chi connectivity index (χ2v) is 4.58. The van der Waals surface area contributed by atoms with E-state index in [1.807, 2.05) is 0 Å². The van der Waals surface area contributed by atoms with Crippen LogP contribution in [0.4, 0.5) is 0 Å². The molecule has 2 saturated carbocycles. The van der Waals surface area contributed by atoms with Gasteiger partial charge < -0.3 is 10.1 Å². The minimum absolute atomic E-state index is 0.843. The van der Waals surface area contributed by atoms with Crippen LogP contribution in [0.1, 0.15) is 32.1 Å². The molecule has 0 unspecified atom stereocenters. The SMILES string of the molecule is COCCCN[C@@H]1C[C@H]2CC[C@H]1C2. The predicted molar refractivity (Wildman–Crippen MR) is 53.7 cm³/mol. The van der Waals surface area contributed by atoms with Crippen molar-refractivity contribution in [2.24, 2.45) is 11.8 Å². The summed E-state index contributed by atoms with van der Waals surface area (Å²) in [4.78, 5) is 0. The van der Waals surface area contributed by atoms with Crippen molar-refractivity contribution in [2.75, 3.05) is 20.3 Å². The fraction of sp³-hybridized carbons (Fsp3) is 1.00. The van der Waals surface area contributed by atoms with Crippen molar-refractivity contribution < 1.29 is 4.74 Å². The van der Waals surface area contributed by atoms with Crippen LogP contribution in [-0.4, -0.2) is 26.3 Å². The molecule has 0 radical (unpaired) electrons. The number of methoxy groups -OCH3 is 1. The third-order valence-corrected chi connectivity index (χ3v) is 3.67. The average molecular weight is 183 g/mol. The highest BCUT2D eigenvalue weighted by molar-refractivity contribution is 4.93. The Morgan fingerprint density at radius 2 is 2.23 bits per heavy atom. The summed E-state index contributed by atoms with van der Waals surface area (Å²) in [7, 11) is 1.78. The maximum atomic E-state index is 5.03. The molecule has 0 amide bonds. The maximum Gasteiger partial charge on any atom is 0.0474 e. The molecule has 0 spiro atoms. The normalized spacial score (nSPS) is 37.2. The van der Waals surface area contributed by atoms with Gasteiger partial charge in [0.2, 0.25) is 0 Å². The van der Waals surface area contributed by atoms with Crippen molar-refractivity contribution in [2.45, 2.75) is 38.1 Å². The Bertz CT molecular complexity index is 160. The van der Waals surface area contributed by atoms with E-state index in [1.54, 1.807) is 7.11 Å². The summed E-state index contributed by atoms with van der Waals surface area (Å²) in [5.41, 5.74) is 0. The molecule has 2 bridgehead atoms. The van der Waals surface area contributed by atoms with Crippen LogP contribution in [0.15, 0.2) is 0 Å². The van der Waals surface area contributed by atoms with Gasteiger partial charge in [0.05, 0.1) is 0 Å². The molecule has 0 aromatic carbocycles. The molecular formula is C11H21NO. The zero-order chi connectivity index (χ0) is 9.10. The van der Waals surface area contributed by atoms with Gasteiger partial charge in [-0.05, 0) is 44.1 Å². The highest BCUT2D eigenvalue weighted by Gasteiger charge is 2.38. The first-order valence-corrected chi connectivity index (χ1v) is 5.62. The Balaban J connectivity index is 1.60. The van der Waals surface area contributed by atoms with Gasteiger partial charge in [-0.15, -0.1) is 0 Å². The molecule has 2 heteroatoms. The molecule has 0 aromatic rings. The molecule has 0 aromatic heterocycles. The summed E-state index contributed by atoms with van der Waals surface area (Å²) < 4.78 is 5.03. The van der Waals surface area contributed by atoms with Crippen molar-refractivity contribution in [1.29, 1.82) is 0 Å². The van der Waals surface area contributed by atoms with E-state index in [1.165, 1.54) is 25.7 Å². The molecule has 76 valence electrons. The van der Waals surface area contributed by atoms with Gasteiger partial charge in [0.25, 0.3) is 0 Å². The lowest BCUT2D eigenvalue weighted by Gasteiger charge is -2.22. The number of nitrogens with one attached hydrogen (secondary N) is 1. The number of hydrogen-bond donors (Lipinski definition) is 1. The van der Waals surface area contributed by atoms with Crippen LogP contribution in [0.3, 0.4) is 0 Å². The Morgan fingerprint density at radius 1 is 1.31 bits per heavy atom. The smallest absolute Gasteiger partial charge is 0.0474 e. The Hall–Kier alpha value is -0.0800. The molecule has 3 atom stereocenters. The van der Waals surface area contributed by atoms with Gasteiger partial charge in [-0.25, -0.2) is 0 Å². The van der Waals surface area contributed by atoms with E-state index in [0.29, 0.717) is 0 Å². The largest absolute Gasteiger partial charge is 0.385 e. The van der Waals surface area contributed by atoms with Crippen molar-refractivity contribution >= 4 is 0 Å². The molecule has 13 heavy (non-hydrogen) atoms. The van der Waals surface area contributed by atoms with Crippen LogP contribution in [0.2, 0.25) is 0 Å². The molecule has 2 nitrogen and oxygen atoms in total. The zero-order valence-electron chi connectivity index (χ0n) is 8.59. The van der Waals surface area contributed by atoms with E-state index in [0.717, 1.165) is 37.5 Å². The standard InChI is InChI=1S/C11H21NO/c1-13-6-2-5-12-11-8-9-3-4-10(11)7-9/h9-12H,2-8H2,1H3/t9-,10-,11+/m0/s1. The van der Waals surface area contributed by atoms with Gasteiger partial charge in [-0.2, -0.15) is 0 Å². The minimum Gasteiger partial charge on any atom is -0.385 e. The summed E-state index contributed by atoms with van der Waals surface area (Å²) in [6.07, 6.45) is 7.08. The van der Waals surface area contributed by atoms with E-state index in [4.69, 9.17) is 4.74 Å². The molecule has 2 aliphatic rings. The first kappa shape index (κ1) is 9.47. The van der Waals surface area contributed by atoms with E-state index < -0.39 is 0 Å². The van der Waals surface area contributed by atoms with E-state index in [9.17, 15) is 0 Å². The van der Waals surface area contributed by atoms with Crippen LogP contribution in [0, 0.1) is 11.8 Å². The summed E-state index contributed by atoms with van der Waals surface area (Å²) in [5.74, 6) is 2.07. The molecule has 0 heterocycles. The van der Waals surface area contributed by atoms with Crippen molar-refractivity contribution in [1.82, 2.24) is 5.32 Å². The van der Waals surface area contributed by atoms with Crippen LogP contribution >= 0.6 is 0 Å². The summed E-state index contributed by atoms with van der Waals surface area (Å²) in [6, 6.07) is 0.843. The quantitative estimate of drug-likeness (QED) is 0.656. The van der Waals surface area contributed by atoms with E-state index in [2.05, 4.69) is 5.32 Å². The molecule has 2 aliphatic carbocycles. The van der Waals surface area contributed by atoms with Crippen LogP contribution < -0.4 is 5.32 Å². The molecule has 2 fully saturated rings. The number of hydrogen-bond acceptors (Lipinski definition) is 2. The van der Waals surface area contributed by atoms with Gasteiger partial charge in [0.1, 0.15) is 0 Å². The van der Waals surface area contributed by atoms with Crippen molar-refractivity contribution in [3.63, 3.8) is 0 Å². The predicted octanol–water partition coefficient (Wildman–Crippen LogP) is 1.80. The van der Waals surface area contributed by atoms with Crippen LogP contribution in [-0.2, 0) is 4.74 Å². The average Bonchev–Trinajstić information content (AvgIpc) is 2.73. The van der Waals surface area contributed by atoms with Gasteiger partial charge in [0, 0.05) is 19.8 Å². The van der Waals surface area contributed by atoms with Gasteiger partial charge in [-0.1, -0.05) is 6.42 Å². The Labute approximate surface area is 81.0 Å². The lowest BCUT2D eigenvalue weighted by atomic mass is 9.95. The highest BCUT2D eigenvalue weighted by Crippen LogP contribution is 2.44. The fourth-order valence-corrected chi connectivity index (χ4v) is 3.00. The summed E-state index contributed by atoms with van der Waals surface area (Å²) >= 11 is 0. The second kappa shape index (κ2) is 4.43. The molecular weight excluding hydrogens is 162 g/mol. The lowest BCUT2D eigenvalue weighted by Crippen LogP contribution is -2.34. The summed E-state index contributed by atoms with van der Waals surface area (Å²) in [6.45, 7) is 2.04. The Kier molecular flexibility index (Phi) is 3.23. The number of ether oxygens (including phenoxy) is 1. The maximum absolute atomic E-state index is 5.03. The van der Waals surface area contributed by atoms with Crippen molar-refractivity contribution in [3.05, 3.63) is 0 Å². The van der Waals surface area contributed by atoms with Crippen LogP contribution in [0.5, 0.6) is 0 Å². The topological polar surface area (TPSA) is 21.3 Å². The number of fused-ring (bicyclic) bond motifs is 2. The first-order valence-electron chi connectivity index (χ1n) is 5.62. The second-order valence-electron chi connectivity index (χ2n) is 4.58. The molecule has 2 rings (SSSR count). The molecule has 1 N–H and O–H groups in total. The van der Waals surface area contributed by atoms with Crippen molar-refractivity contribution in [3.8, 4) is 0 Å². The molecule has 0 saturated heterocycles.